The number of carbonyl (C=O) groups is 1. The lowest BCUT2D eigenvalue weighted by atomic mass is 10.4. The molecule has 0 amide bonds. The van der Waals surface area contributed by atoms with Crippen LogP contribution in [-0.4, -0.2) is 6.29 Å². The van der Waals surface area contributed by atoms with Gasteiger partial charge in [-0.2, -0.15) is 0 Å². The molecule has 0 radical (unpaired) electrons. The molecule has 0 aliphatic carbocycles. The molecule has 0 spiro atoms. The van der Waals surface area contributed by atoms with Gasteiger partial charge in [0, 0.05) is 12.1 Å². The highest BCUT2D eigenvalue weighted by atomic mass is 19.1. The molecule has 0 aliphatic rings. The molecule has 3 nitrogen and oxygen atoms in total. The molecule has 0 aromatic carbocycles. The highest BCUT2D eigenvalue weighted by Gasteiger charge is 2.09. The van der Waals surface area contributed by atoms with Gasteiger partial charge in [-0.3, -0.25) is 4.79 Å². The third-order valence-corrected chi connectivity index (χ3v) is 1.48. The minimum atomic E-state index is -0.983. The van der Waals surface area contributed by atoms with Gasteiger partial charge in [0.2, 0.25) is 0 Å². The maximum atomic E-state index is 12.8. The summed E-state index contributed by atoms with van der Waals surface area (Å²) in [6.07, 6.45) is 1.17. The Labute approximate surface area is 90.3 Å². The van der Waals surface area contributed by atoms with Crippen molar-refractivity contribution >= 4 is 6.29 Å². The molecule has 0 atom stereocenters. The van der Waals surface area contributed by atoms with E-state index in [-0.39, 0.29) is 11.7 Å². The van der Waals surface area contributed by atoms with E-state index in [1.165, 1.54) is 12.1 Å². The van der Waals surface area contributed by atoms with Gasteiger partial charge in [0.05, 0.1) is 0 Å². The van der Waals surface area contributed by atoms with Gasteiger partial charge in [-0.15, -0.1) is 0 Å². The maximum Gasteiger partial charge on any atom is 0.290 e. The second-order valence-corrected chi connectivity index (χ2v) is 2.74. The van der Waals surface area contributed by atoms with Crippen molar-refractivity contribution in [3.05, 3.63) is 54.5 Å². The second-order valence-electron chi connectivity index (χ2n) is 2.74. The molecule has 5 heteroatoms. The van der Waals surface area contributed by atoms with Crippen LogP contribution in [0.5, 0.6) is 5.95 Å². The molecule has 1 aromatic heterocycles. The van der Waals surface area contributed by atoms with Crippen LogP contribution in [0.3, 0.4) is 0 Å². The summed E-state index contributed by atoms with van der Waals surface area (Å²) in [7, 11) is 0. The molecule has 0 bridgehead atoms. The third kappa shape index (κ3) is 3.20. The minimum absolute atomic E-state index is 0.0119. The first kappa shape index (κ1) is 11.9. The number of hydrogen-bond acceptors (Lipinski definition) is 3. The highest BCUT2D eigenvalue weighted by molar-refractivity contribution is 5.70. The Morgan fingerprint density at radius 3 is 2.50 bits per heavy atom. The van der Waals surface area contributed by atoms with Crippen molar-refractivity contribution in [1.29, 1.82) is 0 Å². The molecular formula is C11H8F2O3. The van der Waals surface area contributed by atoms with E-state index in [1.54, 1.807) is 0 Å². The van der Waals surface area contributed by atoms with Crippen molar-refractivity contribution in [1.82, 2.24) is 0 Å². The molecule has 16 heavy (non-hydrogen) atoms. The number of allylic oxidation sites excluding steroid dienone is 3. The lowest BCUT2D eigenvalue weighted by Gasteiger charge is -2.03. The smallest absolute Gasteiger partial charge is 0.290 e. The Hall–Kier alpha value is -2.17. The zero-order chi connectivity index (χ0) is 12.1. The van der Waals surface area contributed by atoms with E-state index in [0.717, 1.165) is 0 Å². The summed E-state index contributed by atoms with van der Waals surface area (Å²) in [6, 6.07) is 2.62. The van der Waals surface area contributed by atoms with Gasteiger partial charge >= 0.3 is 0 Å². The Balaban J connectivity index is 2.88. The fourth-order valence-electron chi connectivity index (χ4n) is 0.866. The average Bonchev–Trinajstić information content (AvgIpc) is 2.63. The number of aldehydes is 1. The van der Waals surface area contributed by atoms with Crippen LogP contribution in [0.4, 0.5) is 8.78 Å². The van der Waals surface area contributed by atoms with Crippen LogP contribution in [-0.2, 0) is 0 Å². The number of furan rings is 1. The number of ether oxygens (including phenoxy) is 1. The van der Waals surface area contributed by atoms with Crippen molar-refractivity contribution in [2.75, 3.05) is 0 Å². The topological polar surface area (TPSA) is 39.4 Å². The summed E-state index contributed by atoms with van der Waals surface area (Å²) >= 11 is 0. The molecular weight excluding hydrogens is 218 g/mol. The quantitative estimate of drug-likeness (QED) is 0.439. The van der Waals surface area contributed by atoms with E-state index < -0.39 is 17.4 Å². The Morgan fingerprint density at radius 1 is 1.38 bits per heavy atom. The van der Waals surface area contributed by atoms with Crippen molar-refractivity contribution < 1.29 is 22.7 Å². The summed E-state index contributed by atoms with van der Waals surface area (Å²) in [5.41, 5.74) is 0. The average molecular weight is 226 g/mol. The first-order valence-corrected chi connectivity index (χ1v) is 4.16. The molecule has 1 rings (SSSR count). The predicted molar refractivity (Wildman–Crippen MR) is 53.3 cm³/mol. The van der Waals surface area contributed by atoms with Gasteiger partial charge < -0.3 is 9.15 Å². The van der Waals surface area contributed by atoms with Crippen LogP contribution < -0.4 is 4.74 Å². The Bertz CT molecular complexity index is 458. The van der Waals surface area contributed by atoms with E-state index in [0.29, 0.717) is 12.4 Å². The van der Waals surface area contributed by atoms with Gasteiger partial charge in [-0.05, 0) is 6.07 Å². The number of carbonyl (C=O) groups excluding carboxylic acids is 1. The summed E-state index contributed by atoms with van der Waals surface area (Å²) in [6.45, 7) is 5.88. The molecule has 1 aromatic rings. The molecule has 0 N–H and O–H groups in total. The van der Waals surface area contributed by atoms with Gasteiger partial charge in [0.15, 0.2) is 23.6 Å². The van der Waals surface area contributed by atoms with Crippen LogP contribution in [0.25, 0.3) is 0 Å². The van der Waals surface area contributed by atoms with Crippen LogP contribution in [0.15, 0.2) is 53.2 Å². The molecule has 1 heterocycles. The molecule has 84 valence electrons. The second kappa shape index (κ2) is 5.06. The first-order valence-electron chi connectivity index (χ1n) is 4.16. The van der Waals surface area contributed by atoms with Gasteiger partial charge in [0.25, 0.3) is 5.95 Å². The SMILES string of the molecule is C=C(F)/C=C(/Oc1ccc(C=O)o1)C(=C)F. The van der Waals surface area contributed by atoms with E-state index in [4.69, 9.17) is 9.15 Å². The minimum Gasteiger partial charge on any atom is -0.423 e. The van der Waals surface area contributed by atoms with Crippen molar-refractivity contribution in [2.24, 2.45) is 0 Å². The van der Waals surface area contributed by atoms with E-state index in [9.17, 15) is 13.6 Å². The van der Waals surface area contributed by atoms with Crippen molar-refractivity contribution in [3.63, 3.8) is 0 Å². The summed E-state index contributed by atoms with van der Waals surface area (Å²) in [5, 5.41) is 0. The summed E-state index contributed by atoms with van der Waals surface area (Å²) in [5.74, 6) is -2.48. The van der Waals surface area contributed by atoms with Crippen LogP contribution >= 0.6 is 0 Å². The van der Waals surface area contributed by atoms with Crippen LogP contribution in [0.1, 0.15) is 10.6 Å². The fraction of sp³-hybridized carbons (Fsp3) is 0. The first-order chi connectivity index (χ1) is 7.52. The number of rotatable bonds is 5. The van der Waals surface area contributed by atoms with E-state index in [1.807, 2.05) is 0 Å². The summed E-state index contributed by atoms with van der Waals surface area (Å²) in [4.78, 5) is 10.3. The van der Waals surface area contributed by atoms with Crippen LogP contribution in [0.2, 0.25) is 0 Å². The van der Waals surface area contributed by atoms with Gasteiger partial charge in [0.1, 0.15) is 5.83 Å². The van der Waals surface area contributed by atoms with Gasteiger partial charge in [-0.25, -0.2) is 8.78 Å². The fourth-order valence-corrected chi connectivity index (χ4v) is 0.866. The molecule has 0 unspecified atom stereocenters. The maximum absolute atomic E-state index is 12.8. The Morgan fingerprint density at radius 2 is 2.06 bits per heavy atom. The standard InChI is InChI=1S/C11H8F2O3/c1-7(12)5-10(8(2)13)16-11-4-3-9(6-14)15-11/h3-6H,1-2H2/b10-5+. The van der Waals surface area contributed by atoms with Crippen LogP contribution in [0, 0.1) is 0 Å². The lowest BCUT2D eigenvalue weighted by molar-refractivity contribution is 0.109. The highest BCUT2D eigenvalue weighted by Crippen LogP contribution is 2.21. The van der Waals surface area contributed by atoms with Gasteiger partial charge in [-0.1, -0.05) is 13.2 Å². The largest absolute Gasteiger partial charge is 0.423 e. The Kier molecular flexibility index (Phi) is 3.77. The summed E-state index contributed by atoms with van der Waals surface area (Å²) < 4.78 is 34.9. The van der Waals surface area contributed by atoms with Crippen molar-refractivity contribution in [3.8, 4) is 5.95 Å². The predicted octanol–water partition coefficient (Wildman–Crippen LogP) is 3.32. The van der Waals surface area contributed by atoms with Crippen molar-refractivity contribution in [2.45, 2.75) is 0 Å². The monoisotopic (exact) mass is 226 g/mol. The number of halogens is 2. The molecule has 0 saturated heterocycles. The lowest BCUT2D eigenvalue weighted by Crippen LogP contribution is -1.94. The normalized spacial score (nSPS) is 11.0. The third-order valence-electron chi connectivity index (χ3n) is 1.48. The van der Waals surface area contributed by atoms with E-state index >= 15 is 0 Å². The molecule has 0 aliphatic heterocycles. The molecule has 0 saturated carbocycles. The number of hydrogen-bond donors (Lipinski definition) is 0. The van der Waals surface area contributed by atoms with E-state index in [2.05, 4.69) is 13.2 Å². The zero-order valence-corrected chi connectivity index (χ0v) is 8.20. The molecule has 0 fully saturated rings. The zero-order valence-electron chi connectivity index (χ0n) is 8.20.